The lowest BCUT2D eigenvalue weighted by molar-refractivity contribution is 0.266. The summed E-state index contributed by atoms with van der Waals surface area (Å²) < 4.78 is 5.47. The van der Waals surface area contributed by atoms with Crippen LogP contribution in [0.5, 0.6) is 5.75 Å². The summed E-state index contributed by atoms with van der Waals surface area (Å²) in [7, 11) is 0. The molecule has 1 rings (SSSR count). The van der Waals surface area contributed by atoms with Gasteiger partial charge in [-0.3, -0.25) is 0 Å². The predicted molar refractivity (Wildman–Crippen MR) is 62.9 cm³/mol. The SMILES string of the molecule is OCCCCCOc1ccc(Cl)cc1Cl. The van der Waals surface area contributed by atoms with Crippen LogP contribution in [0.2, 0.25) is 10.0 Å². The monoisotopic (exact) mass is 248 g/mol. The number of hydrogen-bond donors (Lipinski definition) is 1. The van der Waals surface area contributed by atoms with Gasteiger partial charge < -0.3 is 9.84 Å². The van der Waals surface area contributed by atoms with Gasteiger partial charge in [-0.15, -0.1) is 0 Å². The summed E-state index contributed by atoms with van der Waals surface area (Å²) in [5.41, 5.74) is 0. The van der Waals surface area contributed by atoms with Gasteiger partial charge in [0.25, 0.3) is 0 Å². The van der Waals surface area contributed by atoms with E-state index in [1.54, 1.807) is 18.2 Å². The summed E-state index contributed by atoms with van der Waals surface area (Å²) in [5, 5.41) is 9.72. The van der Waals surface area contributed by atoms with Gasteiger partial charge in [0.1, 0.15) is 5.75 Å². The van der Waals surface area contributed by atoms with E-state index in [-0.39, 0.29) is 6.61 Å². The second-order valence-electron chi connectivity index (χ2n) is 3.21. The standard InChI is InChI=1S/C11H14Cl2O2/c12-9-4-5-11(10(13)8-9)15-7-3-1-2-6-14/h4-5,8,14H,1-3,6-7H2. The van der Waals surface area contributed by atoms with Crippen LogP contribution in [0.15, 0.2) is 18.2 Å². The average molecular weight is 249 g/mol. The molecule has 0 fully saturated rings. The van der Waals surface area contributed by atoms with Gasteiger partial charge in [-0.1, -0.05) is 23.2 Å². The van der Waals surface area contributed by atoms with Crippen LogP contribution < -0.4 is 4.74 Å². The van der Waals surface area contributed by atoms with E-state index in [4.69, 9.17) is 33.0 Å². The van der Waals surface area contributed by atoms with Crippen molar-refractivity contribution in [1.29, 1.82) is 0 Å². The summed E-state index contributed by atoms with van der Waals surface area (Å²) in [6.07, 6.45) is 2.69. The van der Waals surface area contributed by atoms with Crippen LogP contribution in [0.25, 0.3) is 0 Å². The average Bonchev–Trinajstić information content (AvgIpc) is 2.20. The Bertz CT molecular complexity index is 303. The topological polar surface area (TPSA) is 29.5 Å². The smallest absolute Gasteiger partial charge is 0.137 e. The van der Waals surface area contributed by atoms with Gasteiger partial charge in [-0.05, 0) is 37.5 Å². The van der Waals surface area contributed by atoms with Gasteiger partial charge >= 0.3 is 0 Å². The molecule has 84 valence electrons. The zero-order valence-electron chi connectivity index (χ0n) is 8.38. The van der Waals surface area contributed by atoms with Gasteiger partial charge in [-0.2, -0.15) is 0 Å². The normalized spacial score (nSPS) is 10.3. The summed E-state index contributed by atoms with van der Waals surface area (Å²) in [4.78, 5) is 0. The van der Waals surface area contributed by atoms with E-state index in [0.29, 0.717) is 22.4 Å². The predicted octanol–water partition coefficient (Wildman–Crippen LogP) is 3.53. The van der Waals surface area contributed by atoms with Crippen molar-refractivity contribution in [3.8, 4) is 5.75 Å². The Labute approximate surface area is 99.8 Å². The van der Waals surface area contributed by atoms with Crippen LogP contribution in [0.3, 0.4) is 0 Å². The van der Waals surface area contributed by atoms with E-state index in [9.17, 15) is 0 Å². The maximum atomic E-state index is 8.58. The van der Waals surface area contributed by atoms with Crippen LogP contribution in [0.4, 0.5) is 0 Å². The molecule has 0 unspecified atom stereocenters. The molecule has 0 aliphatic rings. The minimum absolute atomic E-state index is 0.238. The molecule has 4 heteroatoms. The third-order valence-corrected chi connectivity index (χ3v) is 2.48. The highest BCUT2D eigenvalue weighted by atomic mass is 35.5. The highest BCUT2D eigenvalue weighted by Crippen LogP contribution is 2.27. The van der Waals surface area contributed by atoms with Crippen molar-refractivity contribution in [3.63, 3.8) is 0 Å². The zero-order valence-corrected chi connectivity index (χ0v) is 9.89. The van der Waals surface area contributed by atoms with Crippen LogP contribution in [0.1, 0.15) is 19.3 Å². The number of aliphatic hydroxyl groups is 1. The third kappa shape index (κ3) is 4.74. The number of unbranched alkanes of at least 4 members (excludes halogenated alkanes) is 2. The minimum atomic E-state index is 0.238. The van der Waals surface area contributed by atoms with E-state index < -0.39 is 0 Å². The van der Waals surface area contributed by atoms with Gasteiger partial charge in [0, 0.05) is 11.6 Å². The molecule has 1 aromatic rings. The summed E-state index contributed by atoms with van der Waals surface area (Å²) in [5.74, 6) is 0.657. The molecule has 0 aliphatic carbocycles. The number of halogens is 2. The molecule has 0 heterocycles. The lowest BCUT2D eigenvalue weighted by atomic mass is 10.2. The molecule has 0 aliphatic heterocycles. The number of hydrogen-bond acceptors (Lipinski definition) is 2. The van der Waals surface area contributed by atoms with Crippen molar-refractivity contribution < 1.29 is 9.84 Å². The minimum Gasteiger partial charge on any atom is -0.492 e. The molecule has 1 N–H and O–H groups in total. The number of benzene rings is 1. The Balaban J connectivity index is 2.31. The number of rotatable bonds is 6. The Kier molecular flexibility index (Phi) is 5.84. The van der Waals surface area contributed by atoms with E-state index in [1.807, 2.05) is 0 Å². The lowest BCUT2D eigenvalue weighted by Crippen LogP contribution is -1.98. The molecule has 0 saturated heterocycles. The van der Waals surface area contributed by atoms with Crippen LogP contribution in [-0.4, -0.2) is 18.3 Å². The first-order chi connectivity index (χ1) is 7.24. The lowest BCUT2D eigenvalue weighted by Gasteiger charge is -2.07. The molecule has 0 spiro atoms. The Morgan fingerprint density at radius 3 is 2.60 bits per heavy atom. The third-order valence-electron chi connectivity index (χ3n) is 1.95. The second kappa shape index (κ2) is 6.94. The van der Waals surface area contributed by atoms with Gasteiger partial charge in [-0.25, -0.2) is 0 Å². The van der Waals surface area contributed by atoms with Crippen molar-refractivity contribution in [2.75, 3.05) is 13.2 Å². The fraction of sp³-hybridized carbons (Fsp3) is 0.455. The molecule has 0 aromatic heterocycles. The maximum absolute atomic E-state index is 8.58. The number of ether oxygens (including phenoxy) is 1. The Hall–Kier alpha value is -0.440. The molecule has 0 bridgehead atoms. The van der Waals surface area contributed by atoms with Crippen molar-refractivity contribution in [3.05, 3.63) is 28.2 Å². The molecule has 1 aromatic carbocycles. The first kappa shape index (κ1) is 12.6. The highest BCUT2D eigenvalue weighted by molar-refractivity contribution is 6.35. The second-order valence-corrected chi connectivity index (χ2v) is 4.05. The van der Waals surface area contributed by atoms with Crippen molar-refractivity contribution in [1.82, 2.24) is 0 Å². The molecule has 0 atom stereocenters. The summed E-state index contributed by atoms with van der Waals surface area (Å²) >= 11 is 11.7. The molecule has 0 radical (unpaired) electrons. The van der Waals surface area contributed by atoms with E-state index in [1.165, 1.54) is 0 Å². The van der Waals surface area contributed by atoms with Crippen molar-refractivity contribution in [2.45, 2.75) is 19.3 Å². The van der Waals surface area contributed by atoms with Crippen LogP contribution in [0, 0.1) is 0 Å². The highest BCUT2D eigenvalue weighted by Gasteiger charge is 2.01. The largest absolute Gasteiger partial charge is 0.492 e. The number of aliphatic hydroxyl groups excluding tert-OH is 1. The van der Waals surface area contributed by atoms with Crippen LogP contribution >= 0.6 is 23.2 Å². The van der Waals surface area contributed by atoms with Crippen LogP contribution in [-0.2, 0) is 0 Å². The van der Waals surface area contributed by atoms with Gasteiger partial charge in [0.2, 0.25) is 0 Å². The molecule has 2 nitrogen and oxygen atoms in total. The van der Waals surface area contributed by atoms with E-state index in [2.05, 4.69) is 0 Å². The first-order valence-electron chi connectivity index (χ1n) is 4.93. The molecule has 15 heavy (non-hydrogen) atoms. The Morgan fingerprint density at radius 1 is 1.13 bits per heavy atom. The van der Waals surface area contributed by atoms with Gasteiger partial charge in [0.15, 0.2) is 0 Å². The van der Waals surface area contributed by atoms with Crippen molar-refractivity contribution >= 4 is 23.2 Å². The first-order valence-corrected chi connectivity index (χ1v) is 5.68. The Morgan fingerprint density at radius 2 is 1.93 bits per heavy atom. The molecular weight excluding hydrogens is 235 g/mol. The van der Waals surface area contributed by atoms with Gasteiger partial charge in [0.05, 0.1) is 11.6 Å². The van der Waals surface area contributed by atoms with E-state index in [0.717, 1.165) is 19.3 Å². The summed E-state index contributed by atoms with van der Waals surface area (Å²) in [6, 6.07) is 5.17. The maximum Gasteiger partial charge on any atom is 0.137 e. The zero-order chi connectivity index (χ0) is 11.1. The molecule has 0 saturated carbocycles. The van der Waals surface area contributed by atoms with E-state index >= 15 is 0 Å². The fourth-order valence-electron chi connectivity index (χ4n) is 1.17. The molecular formula is C11H14Cl2O2. The molecule has 0 amide bonds. The van der Waals surface area contributed by atoms with Crippen molar-refractivity contribution in [2.24, 2.45) is 0 Å². The quantitative estimate of drug-likeness (QED) is 0.781. The fourth-order valence-corrected chi connectivity index (χ4v) is 1.63. The summed E-state index contributed by atoms with van der Waals surface area (Å²) in [6.45, 7) is 0.850.